The van der Waals surface area contributed by atoms with Crippen LogP contribution in [0.25, 0.3) is 11.0 Å². The molecule has 35 heavy (non-hydrogen) atoms. The van der Waals surface area contributed by atoms with E-state index in [0.29, 0.717) is 41.0 Å². The van der Waals surface area contributed by atoms with Crippen molar-refractivity contribution < 1.29 is 18.7 Å². The first-order valence-electron chi connectivity index (χ1n) is 11.3. The summed E-state index contributed by atoms with van der Waals surface area (Å²) >= 11 is 3.53. The number of halogens is 1. The van der Waals surface area contributed by atoms with Crippen molar-refractivity contribution in [3.63, 3.8) is 0 Å². The summed E-state index contributed by atoms with van der Waals surface area (Å²) in [6.45, 7) is 2.32. The zero-order valence-corrected chi connectivity index (χ0v) is 21.2. The molecule has 0 saturated carbocycles. The van der Waals surface area contributed by atoms with Gasteiger partial charge in [0, 0.05) is 11.0 Å². The summed E-state index contributed by atoms with van der Waals surface area (Å²) in [5.74, 6) is 1.10. The molecular weight excluding hydrogens is 510 g/mol. The van der Waals surface area contributed by atoms with Gasteiger partial charge in [0.25, 0.3) is 5.91 Å². The van der Waals surface area contributed by atoms with Crippen LogP contribution in [0.15, 0.2) is 74.3 Å². The Labute approximate surface area is 211 Å². The Hall–Kier alpha value is -3.58. The molecule has 0 N–H and O–H groups in total. The Morgan fingerprint density at radius 3 is 2.51 bits per heavy atom. The second-order valence-electron chi connectivity index (χ2n) is 8.57. The number of rotatable bonds is 6. The second kappa shape index (κ2) is 9.23. The van der Waals surface area contributed by atoms with Gasteiger partial charge in [-0.2, -0.15) is 0 Å². The van der Waals surface area contributed by atoms with Crippen molar-refractivity contribution in [2.45, 2.75) is 19.4 Å². The van der Waals surface area contributed by atoms with Crippen LogP contribution in [0.5, 0.6) is 11.5 Å². The number of nitrogens with zero attached hydrogens (tertiary/aromatic N) is 1. The minimum Gasteiger partial charge on any atom is -0.493 e. The van der Waals surface area contributed by atoms with Gasteiger partial charge in [0.2, 0.25) is 5.76 Å². The molecule has 0 unspecified atom stereocenters. The molecule has 178 valence electrons. The molecule has 1 aliphatic rings. The van der Waals surface area contributed by atoms with Crippen LogP contribution in [-0.2, 0) is 6.42 Å². The van der Waals surface area contributed by atoms with Crippen LogP contribution in [0.2, 0.25) is 0 Å². The minimum absolute atomic E-state index is 0.114. The van der Waals surface area contributed by atoms with Gasteiger partial charge in [-0.1, -0.05) is 45.8 Å². The van der Waals surface area contributed by atoms with Gasteiger partial charge in [-0.15, -0.1) is 0 Å². The molecule has 1 atom stereocenters. The van der Waals surface area contributed by atoms with Gasteiger partial charge in [-0.3, -0.25) is 9.59 Å². The van der Waals surface area contributed by atoms with Gasteiger partial charge in [-0.05, 0) is 60.9 Å². The monoisotopic (exact) mass is 533 g/mol. The number of aryl methyl sites for hydroxylation is 1. The third kappa shape index (κ3) is 4.10. The van der Waals surface area contributed by atoms with Gasteiger partial charge in [0.1, 0.15) is 5.58 Å². The van der Waals surface area contributed by atoms with E-state index in [9.17, 15) is 9.59 Å². The maximum absolute atomic E-state index is 13.7. The highest BCUT2D eigenvalue weighted by molar-refractivity contribution is 9.10. The molecule has 3 aromatic carbocycles. The summed E-state index contributed by atoms with van der Waals surface area (Å²) in [6.07, 6.45) is 0.567. The number of hydrogen-bond donors (Lipinski definition) is 0. The standard InChI is InChI=1S/C28H24BrNO5/c1-16-7-9-21-20(13-16)26(31)24-25(18-5-4-6-19(29)15-18)30(28(32)27(24)35-21)12-11-17-8-10-22(33-2)23(14-17)34-3/h4-10,13-15,25H,11-12H2,1-3H3/t25-/m1/s1. The zero-order chi connectivity index (χ0) is 24.7. The fraction of sp³-hybridized carbons (Fsp3) is 0.214. The van der Waals surface area contributed by atoms with E-state index in [2.05, 4.69) is 15.9 Å². The van der Waals surface area contributed by atoms with Crippen molar-refractivity contribution in [1.29, 1.82) is 0 Å². The number of hydrogen-bond acceptors (Lipinski definition) is 5. The topological polar surface area (TPSA) is 69.0 Å². The lowest BCUT2D eigenvalue weighted by atomic mass is 9.98. The zero-order valence-electron chi connectivity index (χ0n) is 19.6. The molecule has 0 spiro atoms. The largest absolute Gasteiger partial charge is 0.493 e. The van der Waals surface area contributed by atoms with Gasteiger partial charge in [0.15, 0.2) is 16.9 Å². The Morgan fingerprint density at radius 2 is 1.77 bits per heavy atom. The smallest absolute Gasteiger partial charge is 0.290 e. The number of fused-ring (bicyclic) bond motifs is 2. The molecular formula is C28H24BrNO5. The van der Waals surface area contributed by atoms with E-state index >= 15 is 0 Å². The van der Waals surface area contributed by atoms with Crippen molar-refractivity contribution in [2.75, 3.05) is 20.8 Å². The summed E-state index contributed by atoms with van der Waals surface area (Å²) in [5.41, 5.74) is 3.42. The third-order valence-corrected chi connectivity index (χ3v) is 6.87. The van der Waals surface area contributed by atoms with Crippen LogP contribution in [0.4, 0.5) is 0 Å². The Kier molecular flexibility index (Phi) is 6.11. The predicted octanol–water partition coefficient (Wildman–Crippen LogP) is 5.67. The van der Waals surface area contributed by atoms with Crippen molar-refractivity contribution >= 4 is 32.8 Å². The maximum Gasteiger partial charge on any atom is 0.290 e. The molecule has 4 aromatic rings. The first-order chi connectivity index (χ1) is 16.9. The lowest BCUT2D eigenvalue weighted by Crippen LogP contribution is -2.31. The van der Waals surface area contributed by atoms with Crippen molar-refractivity contribution in [3.8, 4) is 11.5 Å². The summed E-state index contributed by atoms with van der Waals surface area (Å²) in [6, 6.07) is 18.3. The van der Waals surface area contributed by atoms with E-state index in [4.69, 9.17) is 13.9 Å². The van der Waals surface area contributed by atoms with Crippen molar-refractivity contribution in [2.24, 2.45) is 0 Å². The van der Waals surface area contributed by atoms with Crippen LogP contribution in [0, 0.1) is 6.92 Å². The molecule has 0 bridgehead atoms. The average molecular weight is 534 g/mol. The van der Waals surface area contributed by atoms with Crippen molar-refractivity contribution in [1.82, 2.24) is 4.90 Å². The minimum atomic E-state index is -0.545. The molecule has 1 aromatic heterocycles. The summed E-state index contributed by atoms with van der Waals surface area (Å²) in [7, 11) is 3.19. The summed E-state index contributed by atoms with van der Waals surface area (Å²) in [5, 5.41) is 0.485. The highest BCUT2D eigenvalue weighted by Gasteiger charge is 2.42. The second-order valence-corrected chi connectivity index (χ2v) is 9.48. The van der Waals surface area contributed by atoms with E-state index in [0.717, 1.165) is 21.2 Å². The first kappa shape index (κ1) is 23.2. The number of methoxy groups -OCH3 is 2. The molecule has 2 heterocycles. The van der Waals surface area contributed by atoms with E-state index in [1.165, 1.54) is 0 Å². The molecule has 0 fully saturated rings. The maximum atomic E-state index is 13.7. The van der Waals surface area contributed by atoms with Crippen LogP contribution >= 0.6 is 15.9 Å². The Balaban J connectivity index is 1.59. The third-order valence-electron chi connectivity index (χ3n) is 6.37. The molecule has 0 saturated heterocycles. The molecule has 1 aliphatic heterocycles. The molecule has 0 radical (unpaired) electrons. The SMILES string of the molecule is COc1ccc(CCN2C(=O)c3oc4ccc(C)cc4c(=O)c3[C@H]2c2cccc(Br)c2)cc1OC. The van der Waals surface area contributed by atoms with Crippen LogP contribution < -0.4 is 14.9 Å². The number of ether oxygens (including phenoxy) is 2. The molecule has 6 nitrogen and oxygen atoms in total. The first-order valence-corrected chi connectivity index (χ1v) is 12.0. The number of amides is 1. The van der Waals surface area contributed by atoms with E-state index in [-0.39, 0.29) is 17.1 Å². The quantitative estimate of drug-likeness (QED) is 0.319. The Bertz CT molecular complexity index is 1510. The molecule has 0 aliphatic carbocycles. The highest BCUT2D eigenvalue weighted by Crippen LogP contribution is 2.39. The molecule has 1 amide bonds. The fourth-order valence-corrected chi connectivity index (χ4v) is 5.09. The predicted molar refractivity (Wildman–Crippen MR) is 137 cm³/mol. The summed E-state index contributed by atoms with van der Waals surface area (Å²) in [4.78, 5) is 29.0. The van der Waals surface area contributed by atoms with Crippen molar-refractivity contribution in [3.05, 3.63) is 103 Å². The highest BCUT2D eigenvalue weighted by atomic mass is 79.9. The lowest BCUT2D eigenvalue weighted by molar-refractivity contribution is 0.0730. The van der Waals surface area contributed by atoms with Gasteiger partial charge in [-0.25, -0.2) is 0 Å². The van der Waals surface area contributed by atoms with Gasteiger partial charge >= 0.3 is 0 Å². The van der Waals surface area contributed by atoms with E-state index in [1.807, 2.05) is 61.5 Å². The fourth-order valence-electron chi connectivity index (χ4n) is 4.67. The van der Waals surface area contributed by atoms with Gasteiger partial charge in [0.05, 0.1) is 31.2 Å². The van der Waals surface area contributed by atoms with Crippen LogP contribution in [0.1, 0.15) is 38.9 Å². The number of carbonyl (C=O) groups excluding carboxylic acids is 1. The summed E-state index contributed by atoms with van der Waals surface area (Å²) < 4.78 is 17.7. The van der Waals surface area contributed by atoms with Gasteiger partial charge < -0.3 is 18.8 Å². The van der Waals surface area contributed by atoms with Crippen LogP contribution in [0.3, 0.4) is 0 Å². The molecule has 5 rings (SSSR count). The lowest BCUT2D eigenvalue weighted by Gasteiger charge is -2.25. The van der Waals surface area contributed by atoms with Crippen LogP contribution in [-0.4, -0.2) is 31.6 Å². The average Bonchev–Trinajstić information content (AvgIpc) is 3.14. The number of benzene rings is 3. The molecule has 7 heteroatoms. The normalized spacial score (nSPS) is 14.9. The van der Waals surface area contributed by atoms with E-state index < -0.39 is 6.04 Å². The van der Waals surface area contributed by atoms with E-state index in [1.54, 1.807) is 25.2 Å². The Morgan fingerprint density at radius 1 is 0.971 bits per heavy atom. The number of carbonyl (C=O) groups is 1.